The molecule has 1 aromatic carbocycles. The molecule has 2 rings (SSSR count). The summed E-state index contributed by atoms with van der Waals surface area (Å²) in [5, 5.41) is -0.534. The highest BCUT2D eigenvalue weighted by atomic mass is 35.5. The summed E-state index contributed by atoms with van der Waals surface area (Å²) in [6, 6.07) is 10.5. The van der Waals surface area contributed by atoms with Crippen molar-refractivity contribution in [1.29, 1.82) is 0 Å². The normalized spacial score (nSPS) is 12.2. The van der Waals surface area contributed by atoms with Crippen molar-refractivity contribution >= 4 is 17.5 Å². The molecule has 1 aromatic heterocycles. The predicted molar refractivity (Wildman–Crippen MR) is 91.0 cm³/mol. The van der Waals surface area contributed by atoms with E-state index in [-0.39, 0.29) is 11.7 Å². The highest BCUT2D eigenvalue weighted by molar-refractivity contribution is 6.30. The van der Waals surface area contributed by atoms with Crippen LogP contribution in [0, 0.1) is 5.82 Å². The third-order valence-electron chi connectivity index (χ3n) is 3.66. The van der Waals surface area contributed by atoms with Gasteiger partial charge in [-0.25, -0.2) is 4.39 Å². The Balaban J connectivity index is 2.14. The Labute approximate surface area is 141 Å². The third-order valence-corrected chi connectivity index (χ3v) is 3.85. The fraction of sp³-hybridized carbons (Fsp3) is 0.389. The molecular weight excluding hydrogens is 315 g/mol. The number of aromatic nitrogens is 1. The van der Waals surface area contributed by atoms with Gasteiger partial charge in [0, 0.05) is 25.0 Å². The molecule has 3 nitrogen and oxygen atoms in total. The first kappa shape index (κ1) is 17.5. The molecule has 0 fully saturated rings. The Bertz CT molecular complexity index is 654. The second-order valence-corrected chi connectivity index (χ2v) is 6.29. The van der Waals surface area contributed by atoms with Gasteiger partial charge >= 0.3 is 0 Å². The summed E-state index contributed by atoms with van der Waals surface area (Å²) in [5.74, 6) is -0.304. The van der Waals surface area contributed by atoms with Crippen molar-refractivity contribution in [1.82, 2.24) is 9.47 Å². The summed E-state index contributed by atoms with van der Waals surface area (Å²) in [5.41, 5.74) is 1.90. The van der Waals surface area contributed by atoms with E-state index in [4.69, 9.17) is 11.6 Å². The number of rotatable bonds is 7. The standard InChI is InChI=1S/C18H22ClFN2O/c1-3-9-22(18(23)14(2)19)13-17-8-5-10-21(17)12-15-6-4-7-16(20)11-15/h4-8,10-11,14H,3,9,12-13H2,1-2H3. The van der Waals surface area contributed by atoms with Crippen LogP contribution >= 0.6 is 11.6 Å². The van der Waals surface area contributed by atoms with Crippen molar-refractivity contribution in [3.05, 3.63) is 59.7 Å². The SMILES string of the molecule is CCCN(Cc1cccn1Cc1cccc(F)c1)C(=O)C(C)Cl. The molecule has 0 saturated carbocycles. The second kappa shape index (κ2) is 8.16. The van der Waals surface area contributed by atoms with Gasteiger partial charge in [-0.2, -0.15) is 0 Å². The predicted octanol–water partition coefficient (Wildman–Crippen LogP) is 4.04. The minimum absolute atomic E-state index is 0.0629. The smallest absolute Gasteiger partial charge is 0.240 e. The number of nitrogens with zero attached hydrogens (tertiary/aromatic N) is 2. The van der Waals surface area contributed by atoms with Gasteiger partial charge in [0.1, 0.15) is 11.2 Å². The molecule has 23 heavy (non-hydrogen) atoms. The van der Waals surface area contributed by atoms with Crippen LogP contribution in [0.1, 0.15) is 31.5 Å². The molecule has 1 atom stereocenters. The molecule has 0 N–H and O–H groups in total. The molecule has 124 valence electrons. The Morgan fingerprint density at radius 1 is 1.35 bits per heavy atom. The average Bonchev–Trinajstić information content (AvgIpc) is 2.93. The fourth-order valence-corrected chi connectivity index (χ4v) is 2.70. The van der Waals surface area contributed by atoms with Crippen LogP contribution in [0.3, 0.4) is 0 Å². The number of alkyl halides is 1. The summed E-state index contributed by atoms with van der Waals surface area (Å²) in [6.07, 6.45) is 2.82. The van der Waals surface area contributed by atoms with E-state index in [0.717, 1.165) is 17.7 Å². The Kier molecular flexibility index (Phi) is 6.22. The summed E-state index contributed by atoms with van der Waals surface area (Å²) in [4.78, 5) is 14.0. The van der Waals surface area contributed by atoms with Gasteiger partial charge in [-0.15, -0.1) is 11.6 Å². The first-order chi connectivity index (χ1) is 11.0. The molecule has 0 spiro atoms. The topological polar surface area (TPSA) is 25.2 Å². The van der Waals surface area contributed by atoms with E-state index in [1.54, 1.807) is 17.9 Å². The van der Waals surface area contributed by atoms with E-state index in [2.05, 4.69) is 0 Å². The molecule has 0 aliphatic rings. The van der Waals surface area contributed by atoms with Gasteiger partial charge in [0.25, 0.3) is 0 Å². The van der Waals surface area contributed by atoms with Gasteiger partial charge in [0.15, 0.2) is 0 Å². The second-order valence-electron chi connectivity index (χ2n) is 5.63. The maximum absolute atomic E-state index is 13.3. The van der Waals surface area contributed by atoms with Crippen LogP contribution in [-0.2, 0) is 17.9 Å². The van der Waals surface area contributed by atoms with Crippen LogP contribution in [-0.4, -0.2) is 27.3 Å². The van der Waals surface area contributed by atoms with Crippen LogP contribution in [0.5, 0.6) is 0 Å². The zero-order valence-corrected chi connectivity index (χ0v) is 14.3. The van der Waals surface area contributed by atoms with E-state index < -0.39 is 5.38 Å². The van der Waals surface area contributed by atoms with Crippen LogP contribution in [0.25, 0.3) is 0 Å². The van der Waals surface area contributed by atoms with E-state index in [1.165, 1.54) is 12.1 Å². The average molecular weight is 337 g/mol. The van der Waals surface area contributed by atoms with Crippen LogP contribution in [0.2, 0.25) is 0 Å². The van der Waals surface area contributed by atoms with E-state index in [9.17, 15) is 9.18 Å². The van der Waals surface area contributed by atoms with Gasteiger partial charge in [0.2, 0.25) is 5.91 Å². The van der Waals surface area contributed by atoms with Crippen molar-refractivity contribution < 1.29 is 9.18 Å². The molecule has 1 unspecified atom stereocenters. The first-order valence-electron chi connectivity index (χ1n) is 7.82. The van der Waals surface area contributed by atoms with Gasteiger partial charge in [-0.1, -0.05) is 19.1 Å². The fourth-order valence-electron chi connectivity index (χ4n) is 2.56. The molecule has 1 amide bonds. The zero-order valence-electron chi connectivity index (χ0n) is 13.5. The Morgan fingerprint density at radius 3 is 2.78 bits per heavy atom. The lowest BCUT2D eigenvalue weighted by atomic mass is 10.2. The lowest BCUT2D eigenvalue weighted by molar-refractivity contribution is -0.131. The quantitative estimate of drug-likeness (QED) is 0.700. The van der Waals surface area contributed by atoms with Gasteiger partial charge in [-0.05, 0) is 43.2 Å². The van der Waals surface area contributed by atoms with Crippen LogP contribution < -0.4 is 0 Å². The van der Waals surface area contributed by atoms with Gasteiger partial charge in [0.05, 0.1) is 6.54 Å². The number of benzene rings is 1. The van der Waals surface area contributed by atoms with Crippen molar-refractivity contribution in [3.63, 3.8) is 0 Å². The number of halogens is 2. The lowest BCUT2D eigenvalue weighted by Crippen LogP contribution is -2.36. The maximum atomic E-state index is 13.3. The molecule has 2 aromatic rings. The van der Waals surface area contributed by atoms with Gasteiger partial charge in [-0.3, -0.25) is 4.79 Å². The molecule has 0 saturated heterocycles. The molecular formula is C18H22ClFN2O. The highest BCUT2D eigenvalue weighted by Gasteiger charge is 2.19. The molecule has 0 aliphatic carbocycles. The van der Waals surface area contributed by atoms with Crippen molar-refractivity contribution in [2.45, 2.75) is 38.7 Å². The third kappa shape index (κ3) is 4.83. The van der Waals surface area contributed by atoms with E-state index in [0.29, 0.717) is 19.6 Å². The minimum atomic E-state index is -0.534. The number of carbonyl (C=O) groups is 1. The van der Waals surface area contributed by atoms with Crippen molar-refractivity contribution in [3.8, 4) is 0 Å². The summed E-state index contributed by atoms with van der Waals surface area (Å²) >= 11 is 5.95. The molecule has 0 aliphatic heterocycles. The maximum Gasteiger partial charge on any atom is 0.240 e. The number of amides is 1. The molecule has 0 bridgehead atoms. The number of carbonyl (C=O) groups excluding carboxylic acids is 1. The van der Waals surface area contributed by atoms with E-state index >= 15 is 0 Å². The number of hydrogen-bond donors (Lipinski definition) is 0. The summed E-state index contributed by atoms with van der Waals surface area (Å²) < 4.78 is 15.4. The zero-order chi connectivity index (χ0) is 16.8. The first-order valence-corrected chi connectivity index (χ1v) is 8.26. The molecule has 5 heteroatoms. The summed E-state index contributed by atoms with van der Waals surface area (Å²) in [7, 11) is 0. The van der Waals surface area contributed by atoms with Crippen LogP contribution in [0.4, 0.5) is 4.39 Å². The minimum Gasteiger partial charge on any atom is -0.345 e. The largest absolute Gasteiger partial charge is 0.345 e. The monoisotopic (exact) mass is 336 g/mol. The van der Waals surface area contributed by atoms with Crippen molar-refractivity contribution in [2.24, 2.45) is 0 Å². The molecule has 0 radical (unpaired) electrons. The molecule has 1 heterocycles. The van der Waals surface area contributed by atoms with Crippen molar-refractivity contribution in [2.75, 3.05) is 6.54 Å². The Hall–Kier alpha value is -1.81. The van der Waals surface area contributed by atoms with Crippen LogP contribution in [0.15, 0.2) is 42.6 Å². The van der Waals surface area contributed by atoms with E-state index in [1.807, 2.05) is 35.9 Å². The lowest BCUT2D eigenvalue weighted by Gasteiger charge is -2.24. The number of hydrogen-bond acceptors (Lipinski definition) is 1. The summed E-state index contributed by atoms with van der Waals surface area (Å²) in [6.45, 7) is 5.47. The Morgan fingerprint density at radius 2 is 2.13 bits per heavy atom. The highest BCUT2D eigenvalue weighted by Crippen LogP contribution is 2.13. The van der Waals surface area contributed by atoms with Gasteiger partial charge < -0.3 is 9.47 Å².